The molecule has 0 aliphatic heterocycles. The summed E-state index contributed by atoms with van der Waals surface area (Å²) in [5, 5.41) is 6.71. The Morgan fingerprint density at radius 1 is 1.04 bits per heavy atom. The van der Waals surface area contributed by atoms with E-state index >= 15 is 0 Å². The van der Waals surface area contributed by atoms with Crippen molar-refractivity contribution in [1.29, 1.82) is 0 Å². The third-order valence-corrected chi connectivity index (χ3v) is 3.93. The van der Waals surface area contributed by atoms with E-state index < -0.39 is 5.91 Å². The van der Waals surface area contributed by atoms with Gasteiger partial charge in [-0.1, -0.05) is 68.2 Å². The van der Waals surface area contributed by atoms with Crippen LogP contribution in [-0.4, -0.2) is 11.1 Å². The Kier molecular flexibility index (Phi) is 5.86. The lowest BCUT2D eigenvalue weighted by atomic mass is 9.87. The van der Waals surface area contributed by atoms with Crippen LogP contribution in [-0.2, 0) is 10.2 Å². The van der Waals surface area contributed by atoms with Crippen LogP contribution in [0.1, 0.15) is 26.3 Å². The molecule has 0 fully saturated rings. The zero-order chi connectivity index (χ0) is 17.7. The summed E-state index contributed by atoms with van der Waals surface area (Å²) in [7, 11) is 0. The molecule has 4 nitrogen and oxygen atoms in total. The molecule has 0 unspecified atom stereocenters. The topological polar surface area (TPSA) is 53.5 Å². The molecule has 0 aliphatic carbocycles. The predicted octanol–water partition coefficient (Wildman–Crippen LogP) is 5.24. The van der Waals surface area contributed by atoms with Gasteiger partial charge in [-0.25, -0.2) is 0 Å². The molecule has 2 aromatic rings. The maximum atomic E-state index is 12.0. The molecule has 2 N–H and O–H groups in total. The van der Waals surface area contributed by atoms with Gasteiger partial charge in [0.25, 0.3) is 5.91 Å². The quantitative estimate of drug-likeness (QED) is 0.576. The first-order chi connectivity index (χ1) is 11.3. The standard InChI is InChI=1S/C18H19Cl2N3O/c1-18(2,3)12-8-10-13(11-9-12)22-23-16(20)17(24)21-15-7-5-4-6-14(15)19/h4-11,22H,1-3H3,(H,21,24)/b23-16+. The smallest absolute Gasteiger partial charge is 0.287 e. The zero-order valence-corrected chi connectivity index (χ0v) is 15.2. The van der Waals surface area contributed by atoms with E-state index in [9.17, 15) is 4.79 Å². The number of carbonyl (C=O) groups excluding carboxylic acids is 1. The first-order valence-electron chi connectivity index (χ1n) is 7.43. The molecule has 126 valence electrons. The number of rotatable bonds is 4. The molecule has 0 aromatic heterocycles. The molecule has 0 aliphatic rings. The van der Waals surface area contributed by atoms with Crippen molar-refractivity contribution in [3.05, 3.63) is 59.1 Å². The highest BCUT2D eigenvalue weighted by atomic mass is 35.5. The minimum Gasteiger partial charge on any atom is -0.318 e. The van der Waals surface area contributed by atoms with Crippen molar-refractivity contribution < 1.29 is 4.79 Å². The average Bonchev–Trinajstić information content (AvgIpc) is 2.54. The normalized spacial score (nSPS) is 12.0. The van der Waals surface area contributed by atoms with Crippen LogP contribution in [0.5, 0.6) is 0 Å². The van der Waals surface area contributed by atoms with Crippen LogP contribution in [0.25, 0.3) is 0 Å². The molecule has 0 saturated carbocycles. The lowest BCUT2D eigenvalue weighted by Gasteiger charge is -2.19. The number of carbonyl (C=O) groups is 1. The van der Waals surface area contributed by atoms with Crippen molar-refractivity contribution in [2.24, 2.45) is 5.10 Å². The number of halogens is 2. The van der Waals surface area contributed by atoms with Gasteiger partial charge in [-0.15, -0.1) is 0 Å². The van der Waals surface area contributed by atoms with E-state index in [0.717, 1.165) is 5.69 Å². The van der Waals surface area contributed by atoms with Crippen LogP contribution in [0.2, 0.25) is 5.02 Å². The molecular weight excluding hydrogens is 345 g/mol. The van der Waals surface area contributed by atoms with Crippen molar-refractivity contribution in [3.8, 4) is 0 Å². The van der Waals surface area contributed by atoms with Gasteiger partial charge in [0.15, 0.2) is 0 Å². The van der Waals surface area contributed by atoms with Gasteiger partial charge in [0, 0.05) is 0 Å². The van der Waals surface area contributed by atoms with Gasteiger partial charge in [0.1, 0.15) is 0 Å². The van der Waals surface area contributed by atoms with Crippen LogP contribution in [0.3, 0.4) is 0 Å². The van der Waals surface area contributed by atoms with E-state index in [1.807, 2.05) is 24.3 Å². The predicted molar refractivity (Wildman–Crippen MR) is 102 cm³/mol. The number of para-hydroxylation sites is 1. The summed E-state index contributed by atoms with van der Waals surface area (Å²) in [5.74, 6) is -0.538. The van der Waals surface area contributed by atoms with Crippen LogP contribution < -0.4 is 10.7 Å². The highest BCUT2D eigenvalue weighted by Crippen LogP contribution is 2.23. The Hall–Kier alpha value is -2.04. The van der Waals surface area contributed by atoms with E-state index in [4.69, 9.17) is 23.2 Å². The summed E-state index contributed by atoms with van der Waals surface area (Å²) in [6.07, 6.45) is 0. The summed E-state index contributed by atoms with van der Waals surface area (Å²) >= 11 is 11.9. The van der Waals surface area contributed by atoms with Gasteiger partial charge in [0.05, 0.1) is 16.4 Å². The largest absolute Gasteiger partial charge is 0.318 e. The highest BCUT2D eigenvalue weighted by Gasteiger charge is 2.13. The number of hydrazone groups is 1. The second-order valence-corrected chi connectivity index (χ2v) is 7.04. The number of hydrogen-bond acceptors (Lipinski definition) is 3. The summed E-state index contributed by atoms with van der Waals surface area (Å²) in [4.78, 5) is 12.0. The van der Waals surface area contributed by atoms with Gasteiger partial charge < -0.3 is 5.32 Å². The van der Waals surface area contributed by atoms with E-state index in [-0.39, 0.29) is 10.6 Å². The molecule has 2 rings (SSSR count). The first kappa shape index (κ1) is 18.3. The third kappa shape index (κ3) is 4.98. The first-order valence-corrected chi connectivity index (χ1v) is 8.18. The molecular formula is C18H19Cl2N3O. The third-order valence-electron chi connectivity index (χ3n) is 3.34. The Morgan fingerprint density at radius 2 is 1.67 bits per heavy atom. The lowest BCUT2D eigenvalue weighted by Crippen LogP contribution is -2.19. The number of nitrogens with zero attached hydrogens (tertiary/aromatic N) is 1. The maximum absolute atomic E-state index is 12.0. The van der Waals surface area contributed by atoms with Crippen LogP contribution in [0.4, 0.5) is 11.4 Å². The van der Waals surface area contributed by atoms with Crippen molar-refractivity contribution >= 4 is 45.7 Å². The molecule has 6 heteroatoms. The highest BCUT2D eigenvalue weighted by molar-refractivity contribution is 6.84. The molecule has 0 bridgehead atoms. The van der Waals surface area contributed by atoms with Gasteiger partial charge in [-0.05, 0) is 35.2 Å². The van der Waals surface area contributed by atoms with E-state index in [2.05, 4.69) is 36.6 Å². The Morgan fingerprint density at radius 3 is 2.25 bits per heavy atom. The van der Waals surface area contributed by atoms with E-state index in [1.54, 1.807) is 24.3 Å². The number of benzene rings is 2. The SMILES string of the molecule is CC(C)(C)c1ccc(N/N=C(/Cl)C(=O)Nc2ccccc2Cl)cc1. The van der Waals surface area contributed by atoms with Crippen LogP contribution in [0, 0.1) is 0 Å². The second kappa shape index (κ2) is 7.69. The fraction of sp³-hybridized carbons (Fsp3) is 0.222. The average molecular weight is 364 g/mol. The molecule has 2 aromatic carbocycles. The minimum atomic E-state index is -0.538. The van der Waals surface area contributed by atoms with Gasteiger partial charge in [-0.2, -0.15) is 5.10 Å². The second-order valence-electron chi connectivity index (χ2n) is 6.28. The van der Waals surface area contributed by atoms with Crippen molar-refractivity contribution in [2.45, 2.75) is 26.2 Å². The molecule has 1 amide bonds. The Balaban J connectivity index is 2.00. The lowest BCUT2D eigenvalue weighted by molar-refractivity contribution is -0.110. The van der Waals surface area contributed by atoms with Crippen molar-refractivity contribution in [1.82, 2.24) is 0 Å². The molecule has 0 heterocycles. The molecule has 0 atom stereocenters. The maximum Gasteiger partial charge on any atom is 0.287 e. The number of anilines is 2. The summed E-state index contributed by atoms with van der Waals surface area (Å²) < 4.78 is 0. The summed E-state index contributed by atoms with van der Waals surface area (Å²) in [6.45, 7) is 6.43. The number of nitrogens with one attached hydrogen (secondary N) is 2. The molecule has 0 saturated heterocycles. The number of amides is 1. The molecule has 24 heavy (non-hydrogen) atoms. The van der Waals surface area contributed by atoms with Crippen LogP contribution in [0.15, 0.2) is 53.6 Å². The molecule has 0 spiro atoms. The fourth-order valence-electron chi connectivity index (χ4n) is 1.95. The van der Waals surface area contributed by atoms with Gasteiger partial charge >= 0.3 is 0 Å². The Bertz CT molecular complexity index is 750. The van der Waals surface area contributed by atoms with Gasteiger partial charge in [0.2, 0.25) is 5.17 Å². The number of hydrogen-bond donors (Lipinski definition) is 2. The zero-order valence-electron chi connectivity index (χ0n) is 13.7. The monoisotopic (exact) mass is 363 g/mol. The van der Waals surface area contributed by atoms with Crippen molar-refractivity contribution in [2.75, 3.05) is 10.7 Å². The fourth-order valence-corrected chi connectivity index (χ4v) is 2.22. The van der Waals surface area contributed by atoms with E-state index in [1.165, 1.54) is 5.56 Å². The summed E-state index contributed by atoms with van der Waals surface area (Å²) in [6, 6.07) is 14.7. The molecule has 0 radical (unpaired) electrons. The minimum absolute atomic E-state index is 0.0777. The Labute approximate surface area is 151 Å². The van der Waals surface area contributed by atoms with E-state index in [0.29, 0.717) is 10.7 Å². The van der Waals surface area contributed by atoms with Crippen LogP contribution >= 0.6 is 23.2 Å². The van der Waals surface area contributed by atoms with Crippen molar-refractivity contribution in [3.63, 3.8) is 0 Å². The van der Waals surface area contributed by atoms with Gasteiger partial charge in [-0.3, -0.25) is 10.2 Å². The summed E-state index contributed by atoms with van der Waals surface area (Å²) in [5.41, 5.74) is 5.27.